The zero-order valence-corrected chi connectivity index (χ0v) is 8.43. The number of amidine groups is 1. The van der Waals surface area contributed by atoms with E-state index >= 15 is 0 Å². The first-order valence-corrected chi connectivity index (χ1v) is 4.98. The van der Waals surface area contributed by atoms with Crippen LogP contribution in [0.2, 0.25) is 0 Å². The average Bonchev–Trinajstić information content (AvgIpc) is 2.68. The summed E-state index contributed by atoms with van der Waals surface area (Å²) in [7, 11) is 0. The third kappa shape index (κ3) is 1.86. The van der Waals surface area contributed by atoms with E-state index < -0.39 is 5.66 Å². The van der Waals surface area contributed by atoms with Crippen molar-refractivity contribution in [1.82, 2.24) is 0 Å². The molecule has 6 heteroatoms. The smallest absolute Gasteiger partial charge is 0.180 e. The Bertz CT molecular complexity index is 367. The third-order valence-electron chi connectivity index (χ3n) is 2.47. The molecule has 1 unspecified atom stereocenters. The van der Waals surface area contributed by atoms with Crippen LogP contribution in [0.25, 0.3) is 0 Å². The molecule has 0 aromatic rings. The highest BCUT2D eigenvalue weighted by Crippen LogP contribution is 2.20. The quantitative estimate of drug-likeness (QED) is 0.616. The molecular weight excluding hydrogens is 192 g/mol. The largest absolute Gasteiger partial charge is 0.330 e. The summed E-state index contributed by atoms with van der Waals surface area (Å²) in [4.78, 5) is 16.3. The van der Waals surface area contributed by atoms with Crippen LogP contribution in [0, 0.1) is 0 Å². The molecule has 0 spiro atoms. The van der Waals surface area contributed by atoms with Crippen molar-refractivity contribution in [3.05, 3.63) is 0 Å². The van der Waals surface area contributed by atoms with Crippen LogP contribution in [-0.4, -0.2) is 36.4 Å². The molecule has 1 atom stereocenters. The fourth-order valence-corrected chi connectivity index (χ4v) is 1.63. The molecule has 80 valence electrons. The van der Waals surface area contributed by atoms with E-state index in [-0.39, 0.29) is 0 Å². The zero-order chi connectivity index (χ0) is 10.7. The first-order chi connectivity index (χ1) is 7.26. The molecule has 0 fully saturated rings. The van der Waals surface area contributed by atoms with Gasteiger partial charge in [-0.25, -0.2) is 20.0 Å². The molecule has 0 radical (unpaired) electrons. The van der Waals surface area contributed by atoms with E-state index in [2.05, 4.69) is 20.0 Å². The maximum atomic E-state index is 6.15. The van der Waals surface area contributed by atoms with E-state index in [9.17, 15) is 0 Å². The first-order valence-electron chi connectivity index (χ1n) is 4.98. The van der Waals surface area contributed by atoms with Crippen molar-refractivity contribution >= 4 is 24.2 Å². The average molecular weight is 206 g/mol. The summed E-state index contributed by atoms with van der Waals surface area (Å²) in [5.41, 5.74) is 11.5. The van der Waals surface area contributed by atoms with Gasteiger partial charge in [-0.05, 0) is 25.8 Å². The SMILES string of the molecule is NCCCCC1(N)N=CN=C2N=CN=C21. The number of rotatable bonds is 4. The number of fused-ring (bicyclic) bond motifs is 1. The van der Waals surface area contributed by atoms with Gasteiger partial charge < -0.3 is 11.5 Å². The monoisotopic (exact) mass is 206 g/mol. The van der Waals surface area contributed by atoms with Crippen LogP contribution >= 0.6 is 0 Å². The van der Waals surface area contributed by atoms with Crippen LogP contribution < -0.4 is 11.5 Å². The lowest BCUT2D eigenvalue weighted by Gasteiger charge is -2.26. The van der Waals surface area contributed by atoms with E-state index in [1.165, 1.54) is 12.7 Å². The molecule has 2 heterocycles. The molecule has 0 bridgehead atoms. The van der Waals surface area contributed by atoms with Gasteiger partial charge in [0.1, 0.15) is 18.4 Å². The van der Waals surface area contributed by atoms with E-state index in [0.29, 0.717) is 18.1 Å². The molecule has 2 aliphatic rings. The maximum absolute atomic E-state index is 6.15. The van der Waals surface area contributed by atoms with Gasteiger partial charge in [-0.15, -0.1) is 0 Å². The highest BCUT2D eigenvalue weighted by atomic mass is 15.2. The molecule has 2 rings (SSSR count). The lowest BCUT2D eigenvalue weighted by Crippen LogP contribution is -2.50. The Kier molecular flexibility index (Phi) is 2.70. The Morgan fingerprint density at radius 2 is 2.07 bits per heavy atom. The second kappa shape index (κ2) is 4.00. The highest BCUT2D eigenvalue weighted by Gasteiger charge is 2.36. The lowest BCUT2D eigenvalue weighted by molar-refractivity contribution is 0.513. The third-order valence-corrected chi connectivity index (χ3v) is 2.47. The van der Waals surface area contributed by atoms with Crippen molar-refractivity contribution in [2.24, 2.45) is 31.4 Å². The lowest BCUT2D eigenvalue weighted by atomic mass is 9.97. The van der Waals surface area contributed by atoms with Crippen molar-refractivity contribution in [2.75, 3.05) is 6.54 Å². The number of hydrogen-bond donors (Lipinski definition) is 2. The number of aliphatic imine (C=N–C) groups is 4. The molecule has 0 saturated heterocycles. The number of hydrogen-bond acceptors (Lipinski definition) is 6. The minimum atomic E-state index is -0.761. The molecule has 0 aromatic carbocycles. The summed E-state index contributed by atoms with van der Waals surface area (Å²) in [5, 5.41) is 0. The summed E-state index contributed by atoms with van der Waals surface area (Å²) >= 11 is 0. The number of nitrogens with zero attached hydrogens (tertiary/aromatic N) is 4. The molecule has 6 nitrogen and oxygen atoms in total. The maximum Gasteiger partial charge on any atom is 0.180 e. The fourth-order valence-electron chi connectivity index (χ4n) is 1.63. The van der Waals surface area contributed by atoms with E-state index in [4.69, 9.17) is 11.5 Å². The number of unbranched alkanes of at least 4 members (excludes halogenated alkanes) is 1. The van der Waals surface area contributed by atoms with Crippen molar-refractivity contribution < 1.29 is 0 Å². The van der Waals surface area contributed by atoms with Crippen molar-refractivity contribution in [2.45, 2.75) is 24.9 Å². The molecule has 0 saturated carbocycles. The zero-order valence-electron chi connectivity index (χ0n) is 8.43. The Labute approximate surface area is 87.9 Å². The highest BCUT2D eigenvalue weighted by molar-refractivity contribution is 6.50. The van der Waals surface area contributed by atoms with Gasteiger partial charge in [-0.3, -0.25) is 0 Å². The number of nitrogens with two attached hydrogens (primary N) is 2. The van der Waals surface area contributed by atoms with Gasteiger partial charge in [0, 0.05) is 0 Å². The summed E-state index contributed by atoms with van der Waals surface area (Å²) in [6.07, 6.45) is 5.51. The normalized spacial score (nSPS) is 27.6. The second-order valence-electron chi connectivity index (χ2n) is 3.59. The van der Waals surface area contributed by atoms with Gasteiger partial charge in [0.05, 0.1) is 0 Å². The van der Waals surface area contributed by atoms with Crippen LogP contribution in [0.5, 0.6) is 0 Å². The summed E-state index contributed by atoms with van der Waals surface area (Å²) < 4.78 is 0. The fraction of sp³-hybridized carbons (Fsp3) is 0.556. The van der Waals surface area contributed by atoms with E-state index in [1.54, 1.807) is 0 Å². The summed E-state index contributed by atoms with van der Waals surface area (Å²) in [6.45, 7) is 0.670. The van der Waals surface area contributed by atoms with Gasteiger partial charge in [-0.2, -0.15) is 0 Å². The van der Waals surface area contributed by atoms with Crippen LogP contribution in [0.15, 0.2) is 20.0 Å². The molecule has 0 amide bonds. The molecule has 15 heavy (non-hydrogen) atoms. The van der Waals surface area contributed by atoms with Crippen LogP contribution in [-0.2, 0) is 0 Å². The molecule has 0 aliphatic carbocycles. The van der Waals surface area contributed by atoms with Gasteiger partial charge in [0.25, 0.3) is 0 Å². The standard InChI is InChI=1S/C9H14N6/c10-4-2-1-3-9(11)7-8(13-5-12-7)14-6-15-9/h5-6H,1-4,10-11H2. The minimum absolute atomic E-state index is 0.584. The van der Waals surface area contributed by atoms with E-state index in [1.807, 2.05) is 0 Å². The van der Waals surface area contributed by atoms with E-state index in [0.717, 1.165) is 19.3 Å². The first kappa shape index (κ1) is 10.1. The summed E-state index contributed by atoms with van der Waals surface area (Å²) in [5.74, 6) is 0.584. The molecule has 2 aliphatic heterocycles. The van der Waals surface area contributed by atoms with Gasteiger partial charge in [0.15, 0.2) is 11.5 Å². The molecular formula is C9H14N6. The van der Waals surface area contributed by atoms with Gasteiger partial charge in [0.2, 0.25) is 0 Å². The van der Waals surface area contributed by atoms with Crippen LogP contribution in [0.4, 0.5) is 0 Å². The van der Waals surface area contributed by atoms with Crippen molar-refractivity contribution in [3.8, 4) is 0 Å². The van der Waals surface area contributed by atoms with Crippen molar-refractivity contribution in [3.63, 3.8) is 0 Å². The van der Waals surface area contributed by atoms with Crippen LogP contribution in [0.3, 0.4) is 0 Å². The topological polar surface area (TPSA) is 101 Å². The second-order valence-corrected chi connectivity index (χ2v) is 3.59. The van der Waals surface area contributed by atoms with Crippen molar-refractivity contribution in [1.29, 1.82) is 0 Å². The minimum Gasteiger partial charge on any atom is -0.330 e. The Morgan fingerprint density at radius 3 is 2.87 bits per heavy atom. The van der Waals surface area contributed by atoms with Gasteiger partial charge >= 0.3 is 0 Å². The molecule has 0 aromatic heterocycles. The van der Waals surface area contributed by atoms with Crippen LogP contribution in [0.1, 0.15) is 19.3 Å². The Balaban J connectivity index is 2.09. The predicted molar refractivity (Wildman–Crippen MR) is 61.7 cm³/mol. The Hall–Kier alpha value is -1.40. The van der Waals surface area contributed by atoms with Gasteiger partial charge in [-0.1, -0.05) is 0 Å². The summed E-state index contributed by atoms with van der Waals surface area (Å²) in [6, 6.07) is 0. The predicted octanol–water partition coefficient (Wildman–Crippen LogP) is -0.306. The molecule has 4 N–H and O–H groups in total. The Morgan fingerprint density at radius 1 is 1.20 bits per heavy atom.